The van der Waals surface area contributed by atoms with E-state index in [0.29, 0.717) is 32.4 Å². The number of rotatable bonds is 7. The molecule has 9 nitrogen and oxygen atoms in total. The van der Waals surface area contributed by atoms with E-state index >= 15 is 0 Å². The second-order valence-electron chi connectivity index (χ2n) is 6.92. The topological polar surface area (TPSA) is 118 Å². The number of carbonyl (C=O) groups excluding carboxylic acids is 1. The number of fused-ring (bicyclic) bond motifs is 2. The Kier molecular flexibility index (Phi) is 5.80. The SMILES string of the molecule is Cn1c(Nc2nc3ccc(OC(F)(F)F)cc3s2)nc2cc(C(=O)NCCC(=O)O)ccc21. The number of aliphatic carboxylic acids is 1. The van der Waals surface area contributed by atoms with Crippen LogP contribution in [0.2, 0.25) is 0 Å². The number of halogens is 3. The van der Waals surface area contributed by atoms with Gasteiger partial charge in [0.05, 0.1) is 27.7 Å². The van der Waals surface area contributed by atoms with Gasteiger partial charge in [-0.05, 0) is 30.3 Å². The summed E-state index contributed by atoms with van der Waals surface area (Å²) in [5.74, 6) is -1.34. The Balaban J connectivity index is 1.54. The number of carboxylic acids is 1. The minimum Gasteiger partial charge on any atom is -0.481 e. The molecule has 2 aromatic heterocycles. The molecule has 0 spiro atoms. The minimum absolute atomic E-state index is 0.00849. The monoisotopic (exact) mass is 479 g/mol. The van der Waals surface area contributed by atoms with Crippen molar-refractivity contribution in [1.29, 1.82) is 0 Å². The lowest BCUT2D eigenvalue weighted by Crippen LogP contribution is -2.25. The van der Waals surface area contributed by atoms with Crippen LogP contribution in [0.4, 0.5) is 24.3 Å². The lowest BCUT2D eigenvalue weighted by molar-refractivity contribution is -0.274. The minimum atomic E-state index is -4.78. The number of hydrogen-bond acceptors (Lipinski definition) is 7. The lowest BCUT2D eigenvalue weighted by atomic mass is 10.2. The smallest absolute Gasteiger partial charge is 0.481 e. The van der Waals surface area contributed by atoms with Gasteiger partial charge in [-0.25, -0.2) is 9.97 Å². The summed E-state index contributed by atoms with van der Waals surface area (Å²) in [5.41, 5.74) is 2.07. The number of aromatic nitrogens is 3. The summed E-state index contributed by atoms with van der Waals surface area (Å²) < 4.78 is 43.5. The van der Waals surface area contributed by atoms with Gasteiger partial charge in [0, 0.05) is 25.2 Å². The Morgan fingerprint density at radius 1 is 1.15 bits per heavy atom. The average molecular weight is 479 g/mol. The fourth-order valence-corrected chi connectivity index (χ4v) is 3.98. The Morgan fingerprint density at radius 3 is 2.67 bits per heavy atom. The zero-order chi connectivity index (χ0) is 23.8. The summed E-state index contributed by atoms with van der Waals surface area (Å²) in [7, 11) is 1.76. The number of aryl methyl sites for hydroxylation is 1. The number of amides is 1. The summed E-state index contributed by atoms with van der Waals surface area (Å²) in [6, 6.07) is 8.77. The van der Waals surface area contributed by atoms with Crippen molar-refractivity contribution in [2.24, 2.45) is 7.05 Å². The first kappa shape index (κ1) is 22.3. The van der Waals surface area contributed by atoms with Gasteiger partial charge in [-0.1, -0.05) is 11.3 Å². The summed E-state index contributed by atoms with van der Waals surface area (Å²) in [4.78, 5) is 31.6. The predicted molar refractivity (Wildman–Crippen MR) is 115 cm³/mol. The predicted octanol–water partition coefficient (Wildman–Crippen LogP) is 4.03. The van der Waals surface area contributed by atoms with Crippen molar-refractivity contribution in [2.45, 2.75) is 12.8 Å². The zero-order valence-electron chi connectivity index (χ0n) is 16.9. The molecule has 33 heavy (non-hydrogen) atoms. The number of hydrogen-bond donors (Lipinski definition) is 3. The first-order valence-electron chi connectivity index (χ1n) is 9.49. The van der Waals surface area contributed by atoms with E-state index in [2.05, 4.69) is 25.3 Å². The van der Waals surface area contributed by atoms with E-state index in [1.54, 1.807) is 29.8 Å². The molecule has 0 aliphatic rings. The second kappa shape index (κ2) is 8.58. The van der Waals surface area contributed by atoms with Gasteiger partial charge >= 0.3 is 12.3 Å². The quantitative estimate of drug-likeness (QED) is 0.366. The number of ether oxygens (including phenoxy) is 1. The van der Waals surface area contributed by atoms with E-state index < -0.39 is 18.2 Å². The molecular formula is C20H16F3N5O4S. The molecule has 172 valence electrons. The molecule has 0 aliphatic carbocycles. The van der Waals surface area contributed by atoms with Crippen molar-refractivity contribution < 1.29 is 32.6 Å². The molecule has 0 aliphatic heterocycles. The molecule has 4 aromatic rings. The lowest BCUT2D eigenvalue weighted by Gasteiger charge is -2.07. The highest BCUT2D eigenvalue weighted by atomic mass is 32.1. The molecule has 2 heterocycles. The number of carboxylic acid groups (broad SMARTS) is 1. The standard InChI is InChI=1S/C20H16F3N5O4S/c1-28-14-5-2-10(17(31)24-7-6-16(29)30)8-13(14)25-18(28)27-19-26-12-4-3-11(9-15(12)33-19)32-20(21,22)23/h2-5,8-9H,6-7H2,1H3,(H,24,31)(H,29,30)(H,25,26,27). The number of anilines is 2. The van der Waals surface area contributed by atoms with Crippen LogP contribution in [0, 0.1) is 0 Å². The van der Waals surface area contributed by atoms with Gasteiger partial charge in [-0.2, -0.15) is 0 Å². The van der Waals surface area contributed by atoms with E-state index in [4.69, 9.17) is 5.11 Å². The molecule has 0 unspecified atom stereocenters. The van der Waals surface area contributed by atoms with Crippen molar-refractivity contribution in [3.05, 3.63) is 42.0 Å². The maximum atomic E-state index is 12.4. The number of imidazole rings is 1. The normalized spacial score (nSPS) is 11.6. The Hall–Kier alpha value is -3.87. The largest absolute Gasteiger partial charge is 0.573 e. The van der Waals surface area contributed by atoms with Gasteiger partial charge < -0.3 is 25.0 Å². The number of benzene rings is 2. The number of alkyl halides is 3. The van der Waals surface area contributed by atoms with Gasteiger partial charge in [0.1, 0.15) is 5.75 Å². The van der Waals surface area contributed by atoms with Crippen LogP contribution < -0.4 is 15.4 Å². The third kappa shape index (κ3) is 5.14. The molecule has 0 atom stereocenters. The average Bonchev–Trinajstić information content (AvgIpc) is 3.26. The number of thiazole rings is 1. The molecule has 0 saturated carbocycles. The highest BCUT2D eigenvalue weighted by molar-refractivity contribution is 7.22. The molecule has 0 saturated heterocycles. The van der Waals surface area contributed by atoms with Crippen molar-refractivity contribution >= 4 is 55.5 Å². The van der Waals surface area contributed by atoms with Crippen molar-refractivity contribution in [1.82, 2.24) is 19.9 Å². The summed E-state index contributed by atoms with van der Waals surface area (Å²) in [5, 5.41) is 14.7. The summed E-state index contributed by atoms with van der Waals surface area (Å²) >= 11 is 1.14. The van der Waals surface area contributed by atoms with Gasteiger partial charge in [0.25, 0.3) is 5.91 Å². The third-order valence-electron chi connectivity index (χ3n) is 4.58. The molecule has 13 heteroatoms. The van der Waals surface area contributed by atoms with Crippen molar-refractivity contribution in [3.8, 4) is 5.75 Å². The van der Waals surface area contributed by atoms with Crippen LogP contribution in [0.15, 0.2) is 36.4 Å². The maximum absolute atomic E-state index is 12.4. The first-order chi connectivity index (χ1) is 15.6. The third-order valence-corrected chi connectivity index (χ3v) is 5.51. The summed E-state index contributed by atoms with van der Waals surface area (Å²) in [6.07, 6.45) is -4.96. The van der Waals surface area contributed by atoms with Crippen molar-refractivity contribution in [3.63, 3.8) is 0 Å². The molecule has 0 radical (unpaired) electrons. The van der Waals surface area contributed by atoms with Crippen LogP contribution in [-0.4, -0.2) is 44.4 Å². The highest BCUT2D eigenvalue weighted by Crippen LogP contribution is 2.33. The molecule has 4 rings (SSSR count). The Bertz CT molecular complexity index is 1370. The zero-order valence-corrected chi connectivity index (χ0v) is 17.8. The molecule has 1 amide bonds. The van der Waals surface area contributed by atoms with E-state index in [9.17, 15) is 22.8 Å². The molecule has 3 N–H and O–H groups in total. The van der Waals surface area contributed by atoms with E-state index in [0.717, 1.165) is 16.9 Å². The second-order valence-corrected chi connectivity index (χ2v) is 7.95. The van der Waals surface area contributed by atoms with E-state index in [-0.39, 0.29) is 18.7 Å². The van der Waals surface area contributed by atoms with Crippen LogP contribution in [0.1, 0.15) is 16.8 Å². The van der Waals surface area contributed by atoms with Crippen LogP contribution in [0.5, 0.6) is 5.75 Å². The number of nitrogens with zero attached hydrogens (tertiary/aromatic N) is 3. The molecule has 0 bridgehead atoms. The maximum Gasteiger partial charge on any atom is 0.573 e. The van der Waals surface area contributed by atoms with Crippen LogP contribution in [0.25, 0.3) is 21.3 Å². The number of carbonyl (C=O) groups is 2. The van der Waals surface area contributed by atoms with E-state index in [1.807, 2.05) is 0 Å². The van der Waals surface area contributed by atoms with Crippen LogP contribution in [-0.2, 0) is 11.8 Å². The van der Waals surface area contributed by atoms with Crippen LogP contribution in [0.3, 0.4) is 0 Å². The Morgan fingerprint density at radius 2 is 1.94 bits per heavy atom. The first-order valence-corrected chi connectivity index (χ1v) is 10.3. The van der Waals surface area contributed by atoms with Gasteiger partial charge in [0.2, 0.25) is 5.95 Å². The number of nitrogens with one attached hydrogen (secondary N) is 2. The van der Waals surface area contributed by atoms with Gasteiger partial charge in [0.15, 0.2) is 5.13 Å². The highest BCUT2D eigenvalue weighted by Gasteiger charge is 2.31. The van der Waals surface area contributed by atoms with Crippen LogP contribution >= 0.6 is 11.3 Å². The van der Waals surface area contributed by atoms with Gasteiger partial charge in [-0.15, -0.1) is 13.2 Å². The molecule has 0 fully saturated rings. The fraction of sp³-hybridized carbons (Fsp3) is 0.200. The fourth-order valence-electron chi connectivity index (χ4n) is 3.09. The van der Waals surface area contributed by atoms with E-state index in [1.165, 1.54) is 18.2 Å². The molecular weight excluding hydrogens is 463 g/mol. The van der Waals surface area contributed by atoms with Crippen molar-refractivity contribution in [2.75, 3.05) is 11.9 Å². The molecule has 2 aromatic carbocycles. The summed E-state index contributed by atoms with van der Waals surface area (Å²) in [6.45, 7) is 0.00849. The van der Waals surface area contributed by atoms with Gasteiger partial charge in [-0.3, -0.25) is 9.59 Å². The Labute approximate surface area is 187 Å².